The van der Waals surface area contributed by atoms with Crippen molar-refractivity contribution in [2.75, 3.05) is 0 Å². The molecule has 1 nitrogen and oxygen atoms in total. The van der Waals surface area contributed by atoms with Crippen LogP contribution in [0.4, 0.5) is 0 Å². The molecule has 1 aromatic carbocycles. The molecule has 0 heterocycles. The molecule has 0 bridgehead atoms. The van der Waals surface area contributed by atoms with E-state index < -0.39 is 0 Å². The molecule has 0 unspecified atom stereocenters. The topological polar surface area (TPSA) is 17.1 Å². The van der Waals surface area contributed by atoms with Gasteiger partial charge in [0.15, 0.2) is 5.78 Å². The van der Waals surface area contributed by atoms with Crippen LogP contribution in [0, 0.1) is 5.92 Å². The summed E-state index contributed by atoms with van der Waals surface area (Å²) in [4.78, 5) is 11.3. The third-order valence-electron chi connectivity index (χ3n) is 3.20. The van der Waals surface area contributed by atoms with Gasteiger partial charge in [-0.2, -0.15) is 0 Å². The van der Waals surface area contributed by atoms with E-state index >= 15 is 0 Å². The highest BCUT2D eigenvalue weighted by Gasteiger charge is 2.18. The van der Waals surface area contributed by atoms with Gasteiger partial charge in [-0.1, -0.05) is 48.6 Å². The van der Waals surface area contributed by atoms with Crippen molar-refractivity contribution in [2.24, 2.45) is 5.92 Å². The number of Topliss-reactive ketones (excluding diaryl/α,β-unsaturated/α-hetero) is 1. The van der Waals surface area contributed by atoms with Crippen LogP contribution in [0.3, 0.4) is 0 Å². The molecule has 0 amide bonds. The van der Waals surface area contributed by atoms with Crippen molar-refractivity contribution < 1.29 is 4.79 Å². The molecule has 1 aromatic rings. The number of allylic oxidation sites excluding steroid dienone is 4. The van der Waals surface area contributed by atoms with Crippen molar-refractivity contribution in [3.8, 4) is 0 Å². The maximum absolute atomic E-state index is 11.3. The van der Waals surface area contributed by atoms with Gasteiger partial charge in [-0.15, -0.1) is 0 Å². The lowest BCUT2D eigenvalue weighted by Gasteiger charge is -2.12. The van der Waals surface area contributed by atoms with Crippen molar-refractivity contribution >= 4 is 17.4 Å². The predicted octanol–water partition coefficient (Wildman–Crippen LogP) is 1.33. The molecule has 0 N–H and O–H groups in total. The molecule has 0 aromatic heterocycles. The van der Waals surface area contributed by atoms with E-state index in [1.165, 1.54) is 16.0 Å². The van der Waals surface area contributed by atoms with Gasteiger partial charge in [-0.25, -0.2) is 0 Å². The van der Waals surface area contributed by atoms with Crippen LogP contribution in [0.1, 0.15) is 6.92 Å². The normalized spacial score (nSPS) is 20.9. The van der Waals surface area contributed by atoms with Crippen LogP contribution >= 0.6 is 0 Å². The monoisotopic (exact) mass is 208 g/mol. The number of benzene rings is 1. The van der Waals surface area contributed by atoms with Crippen LogP contribution < -0.4 is 10.4 Å². The summed E-state index contributed by atoms with van der Waals surface area (Å²) in [6.07, 6.45) is 8.27. The second kappa shape index (κ2) is 3.31. The lowest BCUT2D eigenvalue weighted by atomic mass is 9.91. The third kappa shape index (κ3) is 1.28. The van der Waals surface area contributed by atoms with E-state index in [1.54, 1.807) is 6.92 Å². The Morgan fingerprint density at radius 3 is 2.75 bits per heavy atom. The Morgan fingerprint density at radius 2 is 1.94 bits per heavy atom. The molecule has 2 aliphatic carbocycles. The molecule has 0 saturated heterocycles. The van der Waals surface area contributed by atoms with Gasteiger partial charge in [0.2, 0.25) is 0 Å². The fourth-order valence-electron chi connectivity index (χ4n) is 2.37. The number of carbonyl (C=O) groups excluding carboxylic acids is 1. The van der Waals surface area contributed by atoms with E-state index in [-0.39, 0.29) is 11.7 Å². The highest BCUT2D eigenvalue weighted by molar-refractivity contribution is 5.98. The first kappa shape index (κ1) is 9.34. The Bertz CT molecular complexity index is 644. The molecule has 2 aliphatic rings. The van der Waals surface area contributed by atoms with Crippen LogP contribution in [0.5, 0.6) is 0 Å². The van der Waals surface area contributed by atoms with E-state index in [9.17, 15) is 4.79 Å². The average Bonchev–Trinajstić information content (AvgIpc) is 2.66. The van der Waals surface area contributed by atoms with Gasteiger partial charge in [0, 0.05) is 11.5 Å². The summed E-state index contributed by atoms with van der Waals surface area (Å²) in [5, 5.41) is 2.57. The van der Waals surface area contributed by atoms with Gasteiger partial charge in [0.25, 0.3) is 0 Å². The number of fused-ring (bicyclic) bond motifs is 2. The second-order valence-electron chi connectivity index (χ2n) is 4.25. The average molecular weight is 208 g/mol. The highest BCUT2D eigenvalue weighted by Crippen LogP contribution is 2.25. The minimum absolute atomic E-state index is 0.139. The first-order valence-corrected chi connectivity index (χ1v) is 5.47. The van der Waals surface area contributed by atoms with Gasteiger partial charge >= 0.3 is 0 Å². The van der Waals surface area contributed by atoms with Gasteiger partial charge in [-0.05, 0) is 22.9 Å². The standard InChI is InChI=1S/C15H12O/c1-10(16)11-6-7-15-13(8-11)9-12-4-2-3-5-14(12)15/h2-9,13H,1H3/t13-/m0/s1. The molecule has 16 heavy (non-hydrogen) atoms. The number of rotatable bonds is 1. The molecule has 0 saturated carbocycles. The zero-order valence-corrected chi connectivity index (χ0v) is 9.10. The smallest absolute Gasteiger partial charge is 0.159 e. The Kier molecular flexibility index (Phi) is 1.93. The minimum Gasteiger partial charge on any atom is -0.295 e. The van der Waals surface area contributed by atoms with E-state index in [0.29, 0.717) is 0 Å². The lowest BCUT2D eigenvalue weighted by molar-refractivity contribution is -0.113. The molecule has 78 valence electrons. The quantitative estimate of drug-likeness (QED) is 0.680. The molecule has 3 rings (SSSR count). The molecule has 0 fully saturated rings. The van der Waals surface area contributed by atoms with Crippen LogP contribution in [0.25, 0.3) is 11.6 Å². The lowest BCUT2D eigenvalue weighted by Crippen LogP contribution is -2.21. The van der Waals surface area contributed by atoms with E-state index in [1.807, 2.05) is 12.1 Å². The number of hydrogen-bond acceptors (Lipinski definition) is 1. The second-order valence-corrected chi connectivity index (χ2v) is 4.25. The van der Waals surface area contributed by atoms with Gasteiger partial charge in [0.05, 0.1) is 0 Å². The molecule has 1 heteroatoms. The van der Waals surface area contributed by atoms with E-state index in [0.717, 1.165) is 5.57 Å². The summed E-state index contributed by atoms with van der Waals surface area (Å²) in [5.41, 5.74) is 2.12. The zero-order chi connectivity index (χ0) is 11.1. The van der Waals surface area contributed by atoms with Crippen LogP contribution in [-0.2, 0) is 4.79 Å². The van der Waals surface area contributed by atoms with Crippen LogP contribution in [0.15, 0.2) is 48.1 Å². The van der Waals surface area contributed by atoms with Gasteiger partial charge in [-0.3, -0.25) is 4.79 Å². The summed E-state index contributed by atoms with van der Waals surface area (Å²) in [6.45, 7) is 1.61. The Hall–Kier alpha value is -1.89. The molecule has 1 atom stereocenters. The van der Waals surface area contributed by atoms with Crippen molar-refractivity contribution in [3.05, 3.63) is 58.5 Å². The summed E-state index contributed by atoms with van der Waals surface area (Å²) in [5.74, 6) is 0.418. The summed E-state index contributed by atoms with van der Waals surface area (Å²) >= 11 is 0. The van der Waals surface area contributed by atoms with Gasteiger partial charge < -0.3 is 0 Å². The summed E-state index contributed by atoms with van der Waals surface area (Å²) in [6, 6.07) is 8.36. The maximum Gasteiger partial charge on any atom is 0.159 e. The predicted molar refractivity (Wildman–Crippen MR) is 65.0 cm³/mol. The number of carbonyl (C=O) groups is 1. The first-order chi connectivity index (χ1) is 7.75. The fraction of sp³-hybridized carbons (Fsp3) is 0.133. The van der Waals surface area contributed by atoms with Crippen LogP contribution in [0.2, 0.25) is 0 Å². The van der Waals surface area contributed by atoms with Crippen molar-refractivity contribution in [2.45, 2.75) is 6.92 Å². The Balaban J connectivity index is 2.22. The summed E-state index contributed by atoms with van der Waals surface area (Å²) in [7, 11) is 0. The first-order valence-electron chi connectivity index (χ1n) is 5.47. The number of ketones is 1. The maximum atomic E-state index is 11.3. The molecule has 0 spiro atoms. The van der Waals surface area contributed by atoms with Crippen molar-refractivity contribution in [1.29, 1.82) is 0 Å². The van der Waals surface area contributed by atoms with Gasteiger partial charge in [0.1, 0.15) is 0 Å². The highest BCUT2D eigenvalue weighted by atomic mass is 16.1. The summed E-state index contributed by atoms with van der Waals surface area (Å²) < 4.78 is 0. The molecule has 0 aliphatic heterocycles. The zero-order valence-electron chi connectivity index (χ0n) is 9.10. The largest absolute Gasteiger partial charge is 0.295 e. The minimum atomic E-state index is 0.139. The van der Waals surface area contributed by atoms with E-state index in [2.05, 4.69) is 36.4 Å². The van der Waals surface area contributed by atoms with Crippen molar-refractivity contribution in [3.63, 3.8) is 0 Å². The van der Waals surface area contributed by atoms with Crippen LogP contribution in [-0.4, -0.2) is 5.78 Å². The molecule has 0 radical (unpaired) electrons. The van der Waals surface area contributed by atoms with E-state index in [4.69, 9.17) is 0 Å². The Morgan fingerprint density at radius 1 is 1.12 bits per heavy atom. The number of hydrogen-bond donors (Lipinski definition) is 0. The Labute approximate surface area is 94.1 Å². The molecular weight excluding hydrogens is 196 g/mol. The molecular formula is C15H12O. The third-order valence-corrected chi connectivity index (χ3v) is 3.20. The van der Waals surface area contributed by atoms with Crippen molar-refractivity contribution in [1.82, 2.24) is 0 Å². The SMILES string of the molecule is CC(=O)C1=C[C@H]2C=c3ccccc3=C2C=C1. The fourth-order valence-corrected chi connectivity index (χ4v) is 2.37.